The van der Waals surface area contributed by atoms with Crippen LogP contribution in [0.3, 0.4) is 0 Å². The maximum atomic E-state index is 11.4. The zero-order chi connectivity index (χ0) is 104. The summed E-state index contributed by atoms with van der Waals surface area (Å²) in [5.74, 6) is 1.63. The minimum Gasteiger partial charge on any atom is -0.476 e. The average Bonchev–Trinajstić information content (AvgIpc) is 1.67. The number of nitrogens with zero attached hydrogens (tertiary/aromatic N) is 30. The van der Waals surface area contributed by atoms with Crippen LogP contribution in [0.15, 0.2) is 83.6 Å². The van der Waals surface area contributed by atoms with E-state index in [2.05, 4.69) is 141 Å². The fourth-order valence-electron chi connectivity index (χ4n) is 13.5. The predicted molar refractivity (Wildman–Crippen MR) is 563 cm³/mol. The molecule has 3 amide bonds. The second-order valence-corrected chi connectivity index (χ2v) is 34.8. The molecule has 49 heteroatoms. The van der Waals surface area contributed by atoms with Crippen LogP contribution in [-0.4, -0.2) is 322 Å². The summed E-state index contributed by atoms with van der Waals surface area (Å²) in [5, 5.41) is 91.4. The van der Waals surface area contributed by atoms with Crippen molar-refractivity contribution in [3.05, 3.63) is 130 Å². The van der Waals surface area contributed by atoms with Crippen LogP contribution in [-0.2, 0) is 128 Å². The van der Waals surface area contributed by atoms with Crippen LogP contribution in [0.2, 0.25) is 0 Å². The largest absolute Gasteiger partial charge is 0.476 e. The molecule has 0 aliphatic carbocycles. The summed E-state index contributed by atoms with van der Waals surface area (Å²) in [4.78, 5) is 85.8. The number of ketones is 1. The van der Waals surface area contributed by atoms with E-state index in [0.29, 0.717) is 56.1 Å². The van der Waals surface area contributed by atoms with Gasteiger partial charge in [-0.15, -0.1) is 10.2 Å². The smallest absolute Gasteiger partial charge is 0.409 e. The number of Topliss-reactive ketones (excluding diaryl/α,β-unsaturated/α-hetero) is 1. The summed E-state index contributed by atoms with van der Waals surface area (Å²) < 4.78 is 16.4. The Morgan fingerprint density at radius 2 is 1.08 bits per heavy atom. The number of carboxylic acids is 1. The van der Waals surface area contributed by atoms with Crippen molar-refractivity contribution in [1.29, 1.82) is 5.41 Å². The monoisotopic (exact) mass is 2030 g/mol. The molecule has 6 aliphatic heterocycles. The number of cyclic esters (lactones) is 2. The SMILES string of the molecule is C.C.C.CC(=N)CCCCNCc1cnn(C)n1.CC1CN(Cc2cnn(C)n2)C1.CCCCC(=O)CC[C@@H]1CN(C)C(=O)O1.CCCCCNCc1cnn(C)n1.CCCCC[C@@H]1CN(C)C(=O)O1.CCc1nn(C)nc1CN.CN1CCCCC1=O.CN1CCN=C1N.Cn1cc(C(=O)O)nn1.Cn1cc(CNCCCN)nn1.Cn1ccc(N)n1.Cn1ccccc1=O.Cn1ncc(CNC2CCNC2)n1. The summed E-state index contributed by atoms with van der Waals surface area (Å²) in [5.41, 5.74) is 29.1. The lowest BCUT2D eigenvalue weighted by atomic mass is 10.0. The average molecular weight is 2030 g/mol. The number of ether oxygens (including phenoxy) is 2. The van der Waals surface area contributed by atoms with Gasteiger partial charge in [0.25, 0.3) is 0 Å². The molecular weight excluding hydrogens is 1850 g/mol. The van der Waals surface area contributed by atoms with E-state index in [4.69, 9.17) is 42.9 Å². The molecule has 0 radical (unpaired) electrons. The Morgan fingerprint density at radius 1 is 0.542 bits per heavy atom. The van der Waals surface area contributed by atoms with Gasteiger partial charge in [0.1, 0.15) is 23.8 Å². The maximum absolute atomic E-state index is 11.4. The maximum Gasteiger partial charge on any atom is 0.409 e. The summed E-state index contributed by atoms with van der Waals surface area (Å²) in [7, 11) is 23.4. The van der Waals surface area contributed by atoms with Gasteiger partial charge in [0.05, 0.1) is 90.5 Å². The van der Waals surface area contributed by atoms with Crippen molar-refractivity contribution >= 4 is 47.3 Å². The molecule has 9 aromatic heterocycles. The second kappa shape index (κ2) is 78.2. The Bertz CT molecular complexity index is 4880. The van der Waals surface area contributed by atoms with E-state index >= 15 is 0 Å². The van der Waals surface area contributed by atoms with Crippen LogP contribution in [0.4, 0.5) is 15.4 Å². The Balaban J connectivity index is 0.00000154. The van der Waals surface area contributed by atoms with Gasteiger partial charge < -0.3 is 93.7 Å². The Morgan fingerprint density at radius 3 is 1.45 bits per heavy atom. The molecule has 0 aromatic carbocycles. The van der Waals surface area contributed by atoms with Crippen molar-refractivity contribution in [2.24, 2.45) is 91.5 Å². The van der Waals surface area contributed by atoms with E-state index in [9.17, 15) is 28.8 Å². The first-order chi connectivity index (χ1) is 67.5. The number of pyridine rings is 1. The standard InChI is InChI=1S/C11H19NO3.C10H19N5.C9H18N4.C9H17NO2.C8H15N5.C8H14N4.C7H15N5.C6H12N4.C6H11NO.C6H7NO.C4H5N3O2.C4H9N3.C4H7N3.3CH4/c1-3-4-5-9(13)6-7-10-8-12(2)11(14)15-10;1-9(11)5-3-4-6-12-7-10-8-13-15(2)14-10;1-3-4-5-6-10-7-9-8-11-13(2)12-9;1-3-4-5-6-8-7-10(2)9(11)12-8;1-13-11-6-8(12-13)5-10-7-2-3-9-4-7;1-7-4-12(5-7)6-8-3-9-11(2)10-8;1-12-6-7(10-11-12)5-9-4-2-3-8;1-3-5-6(4-7)9-10(2)8-5;2*1-7-5-3-2-4-6(7)8;1-7-2-3(4(8)9)5-6-7;1-7-3-2-6-4(7)5;1-7-3-2-4(5)6-7;;;/h10H,3-8H2,1-2H3;8,11-12H,3-7H2,1-2H3;8,10H,3-7H2,1-2H3;8H,3-7H2,1-2H3;6-7,9-10H,2-5H2,1H3;3,7H,4-6H2,1-2H3;6,9H,2-5,8H2,1H3;3-4,7H2,1-2H3;2-5H2,1H3;2-5H,1H3;2H,1H3,(H,8,9);2-3H2,1H3,(H2,5,6);2-3H,1H3,(H2,5,6);3*1H4/t10-;;;8-;;;;;;;;;;;;/m1..1............/s1. The molecule has 3 atom stereocenters. The van der Waals surface area contributed by atoms with Crippen molar-refractivity contribution in [2.45, 2.75) is 256 Å². The summed E-state index contributed by atoms with van der Waals surface area (Å²) in [6.45, 7) is 29.8. The zero-order valence-corrected chi connectivity index (χ0v) is 87.5. The molecule has 5 saturated heterocycles. The Labute approximate surface area is 854 Å². The van der Waals surface area contributed by atoms with E-state index in [-0.39, 0.29) is 63.7 Å². The van der Waals surface area contributed by atoms with E-state index in [1.54, 1.807) is 126 Å². The number of nitrogen functional groups attached to an aromatic ring is 1. The van der Waals surface area contributed by atoms with Crippen molar-refractivity contribution in [3.63, 3.8) is 0 Å². The van der Waals surface area contributed by atoms with Gasteiger partial charge in [-0.1, -0.05) is 105 Å². The van der Waals surface area contributed by atoms with Crippen LogP contribution in [0, 0.1) is 11.3 Å². The van der Waals surface area contributed by atoms with Gasteiger partial charge in [-0.25, -0.2) is 14.4 Å². The van der Waals surface area contributed by atoms with Gasteiger partial charge in [0.2, 0.25) is 11.5 Å². The number of carbonyl (C=O) groups is 5. The fraction of sp³-hybridized carbons (Fsp3) is 0.695. The number of carboxylic acid groups (broad SMARTS) is 1. The van der Waals surface area contributed by atoms with Crippen molar-refractivity contribution < 1.29 is 38.6 Å². The Kier molecular flexibility index (Phi) is 71.5. The zero-order valence-electron chi connectivity index (χ0n) is 87.5. The van der Waals surface area contributed by atoms with Gasteiger partial charge in [-0.3, -0.25) is 38.3 Å². The molecule has 5 fully saturated rings. The first-order valence-corrected chi connectivity index (χ1v) is 48.9. The minimum absolute atomic E-state index is 0. The summed E-state index contributed by atoms with van der Waals surface area (Å²) >= 11 is 0. The van der Waals surface area contributed by atoms with Gasteiger partial charge in [-0.2, -0.15) is 80.1 Å². The molecule has 9 aromatic rings. The molecule has 0 bridgehead atoms. The topological polar surface area (TPSA) is 595 Å². The first-order valence-electron chi connectivity index (χ1n) is 48.9. The number of piperidine rings is 1. The molecule has 814 valence electrons. The predicted octanol–water partition coefficient (Wildman–Crippen LogP) is 6.51. The number of aliphatic imine (C=N–C) groups is 1. The van der Waals surface area contributed by atoms with E-state index < -0.39 is 5.97 Å². The number of likely N-dealkylation sites (tertiary alicyclic amines) is 2. The number of aromatic nitrogens is 24. The number of hydrogen-bond donors (Lipinski definition) is 11. The summed E-state index contributed by atoms with van der Waals surface area (Å²) in [6.07, 6.45) is 35.1. The van der Waals surface area contributed by atoms with Crippen LogP contribution < -0.4 is 55.1 Å². The number of likely N-dealkylation sites (N-methyl/N-ethyl adjacent to an activating group) is 3. The molecule has 144 heavy (non-hydrogen) atoms. The highest BCUT2D eigenvalue weighted by Crippen LogP contribution is 2.19. The van der Waals surface area contributed by atoms with Crippen molar-refractivity contribution in [1.82, 2.24) is 170 Å². The lowest BCUT2D eigenvalue weighted by molar-refractivity contribution is -0.131. The number of nitrogens with two attached hydrogens (primary N) is 4. The third kappa shape index (κ3) is 61.6. The highest BCUT2D eigenvalue weighted by Gasteiger charge is 2.29. The number of rotatable bonds is 36. The van der Waals surface area contributed by atoms with Gasteiger partial charge in [-0.05, 0) is 141 Å². The lowest BCUT2D eigenvalue weighted by Gasteiger charge is -2.36. The molecule has 0 spiro atoms. The number of aryl methyl sites for hydroxylation is 10. The minimum atomic E-state index is -1.05. The molecule has 15 heterocycles. The lowest BCUT2D eigenvalue weighted by Crippen LogP contribution is -2.44. The van der Waals surface area contributed by atoms with E-state index in [0.717, 1.165) is 214 Å². The fourth-order valence-corrected chi connectivity index (χ4v) is 13.5. The van der Waals surface area contributed by atoms with Gasteiger partial charge >= 0.3 is 18.2 Å². The highest BCUT2D eigenvalue weighted by molar-refractivity contribution is 5.84. The van der Waals surface area contributed by atoms with E-state index in [1.165, 1.54) is 86.0 Å². The Hall–Kier alpha value is -12.3. The van der Waals surface area contributed by atoms with Gasteiger partial charge in [0, 0.05) is 219 Å². The van der Waals surface area contributed by atoms with Crippen LogP contribution >= 0.6 is 0 Å². The molecule has 6 aliphatic rings. The number of aromatic carboxylic acids is 1. The normalized spacial score (nSPS) is 15.1. The number of carbonyl (C=O) groups excluding carboxylic acids is 4. The molecule has 15 N–H and O–H groups in total. The molecule has 1 unspecified atom stereocenters. The molecule has 49 nitrogen and oxygen atoms in total. The molecule has 0 saturated carbocycles. The first kappa shape index (κ1) is 132. The van der Waals surface area contributed by atoms with Crippen molar-refractivity contribution in [2.75, 3.05) is 119 Å². The number of anilines is 1. The van der Waals surface area contributed by atoms with Gasteiger partial charge in [0.15, 0.2) is 11.7 Å². The van der Waals surface area contributed by atoms with Crippen molar-refractivity contribution in [3.8, 4) is 0 Å². The molecular formula is C95H180N40O9. The van der Waals surface area contributed by atoms with Crippen LogP contribution in [0.25, 0.3) is 0 Å². The number of amides is 3. The quantitative estimate of drug-likeness (QED) is 0.0147. The number of unbranched alkanes of at least 4 members (excludes halogenated alkanes) is 6. The third-order valence-electron chi connectivity index (χ3n) is 21.4. The number of guanidine groups is 1. The number of nitrogens with one attached hydrogen (secondary N) is 6. The van der Waals surface area contributed by atoms with Crippen LogP contribution in [0.5, 0.6) is 0 Å². The number of hydrogen-bond acceptors (Lipinski definition) is 36. The third-order valence-corrected chi connectivity index (χ3v) is 21.4. The van der Waals surface area contributed by atoms with E-state index in [1.807, 2.05) is 93.6 Å². The second-order valence-electron chi connectivity index (χ2n) is 34.8. The molecule has 15 rings (SSSR count). The van der Waals surface area contributed by atoms with Crippen LogP contribution in [0.1, 0.15) is 243 Å². The highest BCUT2D eigenvalue weighted by atomic mass is 16.6. The summed E-state index contributed by atoms with van der Waals surface area (Å²) in [6, 6.07) is 7.42.